The molecule has 0 saturated heterocycles. The van der Waals surface area contributed by atoms with Crippen LogP contribution >= 0.6 is 0 Å². The lowest BCUT2D eigenvalue weighted by molar-refractivity contribution is 0.103. The molecule has 1 aromatic heterocycles. The second-order valence-electron chi connectivity index (χ2n) is 6.25. The van der Waals surface area contributed by atoms with Crippen LogP contribution in [0.4, 0.5) is 10.1 Å². The SMILES string of the molecule is CNc1c(C(=O)c2ccccc2)nn(-c2ccccc2F)c1-c1ccccc1. The Hall–Kier alpha value is -3.73. The molecule has 4 nitrogen and oxygen atoms in total. The smallest absolute Gasteiger partial charge is 0.215 e. The zero-order valence-corrected chi connectivity index (χ0v) is 15.3. The molecule has 1 heterocycles. The van der Waals surface area contributed by atoms with Crippen molar-refractivity contribution >= 4 is 11.5 Å². The Morgan fingerprint density at radius 3 is 2.14 bits per heavy atom. The van der Waals surface area contributed by atoms with Gasteiger partial charge in [-0.3, -0.25) is 4.79 Å². The average Bonchev–Trinajstić information content (AvgIpc) is 3.14. The van der Waals surface area contributed by atoms with Crippen molar-refractivity contribution in [1.82, 2.24) is 9.78 Å². The van der Waals surface area contributed by atoms with Gasteiger partial charge in [0.25, 0.3) is 0 Å². The van der Waals surface area contributed by atoms with Gasteiger partial charge in [-0.15, -0.1) is 0 Å². The van der Waals surface area contributed by atoms with E-state index in [-0.39, 0.29) is 17.2 Å². The molecule has 1 N–H and O–H groups in total. The summed E-state index contributed by atoms with van der Waals surface area (Å²) >= 11 is 0. The lowest BCUT2D eigenvalue weighted by atomic mass is 10.0. The number of para-hydroxylation sites is 1. The van der Waals surface area contributed by atoms with E-state index in [0.717, 1.165) is 5.56 Å². The number of ketones is 1. The number of carbonyl (C=O) groups is 1. The first kappa shape index (κ1) is 17.7. The van der Waals surface area contributed by atoms with Crippen LogP contribution in [0, 0.1) is 5.82 Å². The topological polar surface area (TPSA) is 46.9 Å². The lowest BCUT2D eigenvalue weighted by Gasteiger charge is -2.10. The van der Waals surface area contributed by atoms with E-state index in [4.69, 9.17) is 0 Å². The molecule has 0 amide bonds. The molecular formula is C23H18FN3O. The predicted molar refractivity (Wildman–Crippen MR) is 108 cm³/mol. The Morgan fingerprint density at radius 2 is 1.50 bits per heavy atom. The monoisotopic (exact) mass is 371 g/mol. The van der Waals surface area contributed by atoms with Crippen molar-refractivity contribution in [2.24, 2.45) is 0 Å². The second-order valence-corrected chi connectivity index (χ2v) is 6.25. The summed E-state index contributed by atoms with van der Waals surface area (Å²) in [6.45, 7) is 0. The molecule has 0 unspecified atom stereocenters. The minimum Gasteiger partial charge on any atom is -0.384 e. The summed E-state index contributed by atoms with van der Waals surface area (Å²) < 4.78 is 16.1. The van der Waals surface area contributed by atoms with Crippen molar-refractivity contribution in [3.63, 3.8) is 0 Å². The molecule has 0 atom stereocenters. The second kappa shape index (κ2) is 7.48. The molecule has 0 saturated carbocycles. The number of hydrogen-bond acceptors (Lipinski definition) is 3. The van der Waals surface area contributed by atoms with E-state index in [1.54, 1.807) is 49.5 Å². The van der Waals surface area contributed by atoms with Crippen LogP contribution in [-0.4, -0.2) is 22.6 Å². The van der Waals surface area contributed by atoms with E-state index >= 15 is 0 Å². The van der Waals surface area contributed by atoms with Crippen molar-refractivity contribution in [2.75, 3.05) is 12.4 Å². The summed E-state index contributed by atoms with van der Waals surface area (Å²) in [4.78, 5) is 13.1. The standard InChI is InChI=1S/C23H18FN3O/c1-25-20-21(23(28)17-12-6-3-7-13-17)26-27(19-15-9-8-14-18(19)24)22(20)16-10-4-2-5-11-16/h2-15,25H,1H3. The molecular weight excluding hydrogens is 353 g/mol. The van der Waals surface area contributed by atoms with Gasteiger partial charge in [-0.1, -0.05) is 72.8 Å². The number of nitrogens with zero attached hydrogens (tertiary/aromatic N) is 2. The van der Waals surface area contributed by atoms with Crippen molar-refractivity contribution in [1.29, 1.82) is 0 Å². The third kappa shape index (κ3) is 3.07. The van der Waals surface area contributed by atoms with Crippen molar-refractivity contribution in [3.05, 3.63) is 102 Å². The number of nitrogens with one attached hydrogen (secondary N) is 1. The maximum Gasteiger partial charge on any atom is 0.215 e. The van der Waals surface area contributed by atoms with Gasteiger partial charge in [0.1, 0.15) is 11.5 Å². The Morgan fingerprint density at radius 1 is 0.893 bits per heavy atom. The molecule has 0 fully saturated rings. The van der Waals surface area contributed by atoms with Crippen LogP contribution in [-0.2, 0) is 0 Å². The number of carbonyl (C=O) groups excluding carboxylic acids is 1. The summed E-state index contributed by atoms with van der Waals surface area (Å²) in [6.07, 6.45) is 0. The minimum absolute atomic E-state index is 0.225. The Kier molecular flexibility index (Phi) is 4.72. The van der Waals surface area contributed by atoms with E-state index in [9.17, 15) is 9.18 Å². The molecule has 3 aromatic carbocycles. The number of aromatic nitrogens is 2. The van der Waals surface area contributed by atoms with E-state index in [0.29, 0.717) is 16.9 Å². The number of halogens is 1. The number of benzene rings is 3. The van der Waals surface area contributed by atoms with Gasteiger partial charge in [0.15, 0.2) is 5.69 Å². The first-order chi connectivity index (χ1) is 13.7. The molecule has 0 aliphatic rings. The summed E-state index contributed by atoms with van der Waals surface area (Å²) in [7, 11) is 1.73. The van der Waals surface area contributed by atoms with Gasteiger partial charge >= 0.3 is 0 Å². The van der Waals surface area contributed by atoms with Crippen molar-refractivity contribution in [2.45, 2.75) is 0 Å². The third-order valence-electron chi connectivity index (χ3n) is 4.51. The normalized spacial score (nSPS) is 10.6. The van der Waals surface area contributed by atoms with E-state index in [1.165, 1.54) is 10.7 Å². The highest BCUT2D eigenvalue weighted by atomic mass is 19.1. The van der Waals surface area contributed by atoms with Gasteiger partial charge in [0.2, 0.25) is 5.78 Å². The molecule has 28 heavy (non-hydrogen) atoms. The minimum atomic E-state index is -0.413. The largest absolute Gasteiger partial charge is 0.384 e. The van der Waals surface area contributed by atoms with Crippen LogP contribution in [0.1, 0.15) is 16.1 Å². The van der Waals surface area contributed by atoms with Gasteiger partial charge < -0.3 is 5.32 Å². The third-order valence-corrected chi connectivity index (χ3v) is 4.51. The van der Waals surface area contributed by atoms with Crippen LogP contribution in [0.25, 0.3) is 16.9 Å². The fraction of sp³-hybridized carbons (Fsp3) is 0.0435. The zero-order valence-electron chi connectivity index (χ0n) is 15.3. The van der Waals surface area contributed by atoms with Gasteiger partial charge in [-0.2, -0.15) is 5.10 Å². The Labute approximate surface area is 162 Å². The van der Waals surface area contributed by atoms with E-state index in [1.807, 2.05) is 36.4 Å². The summed E-state index contributed by atoms with van der Waals surface area (Å²) in [5, 5.41) is 7.63. The number of anilines is 1. The molecule has 5 heteroatoms. The van der Waals surface area contributed by atoms with Crippen LogP contribution in [0.3, 0.4) is 0 Å². The van der Waals surface area contributed by atoms with Crippen molar-refractivity contribution < 1.29 is 9.18 Å². The molecule has 4 aromatic rings. The summed E-state index contributed by atoms with van der Waals surface area (Å²) in [6, 6.07) is 24.8. The molecule has 0 radical (unpaired) electrons. The quantitative estimate of drug-likeness (QED) is 0.505. The summed E-state index contributed by atoms with van der Waals surface area (Å²) in [5.74, 6) is -0.638. The molecule has 0 aliphatic heterocycles. The maximum absolute atomic E-state index is 14.6. The summed E-state index contributed by atoms with van der Waals surface area (Å²) in [5.41, 5.74) is 3.07. The van der Waals surface area contributed by atoms with Crippen LogP contribution in [0.5, 0.6) is 0 Å². The van der Waals surface area contributed by atoms with E-state index < -0.39 is 5.82 Å². The molecule has 4 rings (SSSR count). The lowest BCUT2D eigenvalue weighted by Crippen LogP contribution is -2.06. The highest BCUT2D eigenvalue weighted by molar-refractivity contribution is 6.12. The molecule has 0 bridgehead atoms. The average molecular weight is 371 g/mol. The first-order valence-corrected chi connectivity index (χ1v) is 8.91. The van der Waals surface area contributed by atoms with Gasteiger partial charge in [0.05, 0.1) is 11.4 Å². The fourth-order valence-electron chi connectivity index (χ4n) is 3.20. The highest BCUT2D eigenvalue weighted by Gasteiger charge is 2.25. The predicted octanol–water partition coefficient (Wildman–Crippen LogP) is 4.95. The van der Waals surface area contributed by atoms with Crippen LogP contribution in [0.15, 0.2) is 84.9 Å². The van der Waals surface area contributed by atoms with E-state index in [2.05, 4.69) is 10.4 Å². The maximum atomic E-state index is 14.6. The van der Waals surface area contributed by atoms with Crippen molar-refractivity contribution in [3.8, 4) is 16.9 Å². The number of rotatable bonds is 5. The van der Waals surface area contributed by atoms with Gasteiger partial charge in [0, 0.05) is 18.2 Å². The molecule has 138 valence electrons. The highest BCUT2D eigenvalue weighted by Crippen LogP contribution is 2.34. The molecule has 0 spiro atoms. The van der Waals surface area contributed by atoms with Crippen LogP contribution in [0.2, 0.25) is 0 Å². The van der Waals surface area contributed by atoms with Gasteiger partial charge in [-0.25, -0.2) is 9.07 Å². The number of hydrogen-bond donors (Lipinski definition) is 1. The fourth-order valence-corrected chi connectivity index (χ4v) is 3.20. The zero-order chi connectivity index (χ0) is 19.5. The first-order valence-electron chi connectivity index (χ1n) is 8.91. The Balaban J connectivity index is 1.99. The molecule has 0 aliphatic carbocycles. The van der Waals surface area contributed by atoms with Crippen LogP contribution < -0.4 is 5.32 Å². The van der Waals surface area contributed by atoms with Gasteiger partial charge in [-0.05, 0) is 12.1 Å². The Bertz CT molecular complexity index is 1120.